The summed E-state index contributed by atoms with van der Waals surface area (Å²) in [5.74, 6) is 1.62. The minimum atomic E-state index is 0.702. The van der Waals surface area contributed by atoms with Gasteiger partial charge in [0.15, 0.2) is 0 Å². The fourth-order valence-electron chi connectivity index (χ4n) is 1.25. The summed E-state index contributed by atoms with van der Waals surface area (Å²) in [6, 6.07) is 1.87. The van der Waals surface area contributed by atoms with E-state index in [0.29, 0.717) is 5.88 Å². The van der Waals surface area contributed by atoms with Gasteiger partial charge in [0.2, 0.25) is 5.88 Å². The van der Waals surface area contributed by atoms with Crippen LogP contribution in [-0.4, -0.2) is 16.6 Å². The zero-order valence-corrected chi connectivity index (χ0v) is 7.86. The first kappa shape index (κ1) is 8.48. The number of ether oxygens (including phenoxy) is 1. The van der Waals surface area contributed by atoms with Gasteiger partial charge in [-0.2, -0.15) is 0 Å². The molecule has 13 heavy (non-hydrogen) atoms. The van der Waals surface area contributed by atoms with E-state index in [1.54, 1.807) is 6.33 Å². The van der Waals surface area contributed by atoms with Crippen molar-refractivity contribution in [3.63, 3.8) is 0 Å². The summed E-state index contributed by atoms with van der Waals surface area (Å²) < 4.78 is 5.49. The number of hydrogen-bond donors (Lipinski definition) is 0. The van der Waals surface area contributed by atoms with E-state index in [1.165, 1.54) is 19.3 Å². The van der Waals surface area contributed by atoms with Crippen LogP contribution in [0.5, 0.6) is 5.88 Å². The lowest BCUT2D eigenvalue weighted by Gasteiger charge is -2.03. The van der Waals surface area contributed by atoms with Gasteiger partial charge < -0.3 is 4.74 Å². The summed E-state index contributed by atoms with van der Waals surface area (Å²) in [7, 11) is 0. The third-order valence-corrected chi connectivity index (χ3v) is 2.25. The van der Waals surface area contributed by atoms with Gasteiger partial charge in [-0.05, 0) is 19.3 Å². The highest BCUT2D eigenvalue weighted by atomic mass is 16.5. The number of rotatable bonds is 4. The van der Waals surface area contributed by atoms with Crippen LogP contribution in [-0.2, 0) is 0 Å². The van der Waals surface area contributed by atoms with Crippen molar-refractivity contribution >= 4 is 0 Å². The average Bonchev–Trinajstić information content (AvgIpc) is 2.88. The van der Waals surface area contributed by atoms with Gasteiger partial charge >= 0.3 is 0 Å². The van der Waals surface area contributed by atoms with Crippen molar-refractivity contribution in [1.82, 2.24) is 9.97 Å². The Balaban J connectivity index is 1.79. The van der Waals surface area contributed by atoms with Crippen molar-refractivity contribution in [3.05, 3.63) is 18.1 Å². The Labute approximate surface area is 78.2 Å². The number of aromatic nitrogens is 2. The molecule has 0 atom stereocenters. The lowest BCUT2D eigenvalue weighted by Crippen LogP contribution is -2.00. The van der Waals surface area contributed by atoms with Crippen LogP contribution in [0.15, 0.2) is 12.4 Å². The Hall–Kier alpha value is -1.12. The van der Waals surface area contributed by atoms with Gasteiger partial charge in [0.1, 0.15) is 6.33 Å². The Kier molecular flexibility index (Phi) is 2.43. The predicted molar refractivity (Wildman–Crippen MR) is 49.6 cm³/mol. The van der Waals surface area contributed by atoms with Crippen molar-refractivity contribution in [3.8, 4) is 5.88 Å². The Morgan fingerprint density at radius 3 is 3.00 bits per heavy atom. The van der Waals surface area contributed by atoms with Gasteiger partial charge in [-0.15, -0.1) is 0 Å². The van der Waals surface area contributed by atoms with E-state index in [1.807, 2.05) is 13.0 Å². The molecule has 1 aromatic rings. The molecular formula is C10H14N2O. The van der Waals surface area contributed by atoms with Crippen LogP contribution in [0.2, 0.25) is 0 Å². The summed E-state index contributed by atoms with van der Waals surface area (Å²) in [5.41, 5.74) is 0.955. The normalized spacial score (nSPS) is 15.8. The molecule has 0 bridgehead atoms. The molecule has 0 saturated heterocycles. The Morgan fingerprint density at radius 1 is 1.46 bits per heavy atom. The zero-order chi connectivity index (χ0) is 9.10. The molecule has 0 spiro atoms. The van der Waals surface area contributed by atoms with E-state index in [9.17, 15) is 0 Å². The smallest absolute Gasteiger partial charge is 0.216 e. The summed E-state index contributed by atoms with van der Waals surface area (Å²) in [5, 5.41) is 0. The second-order valence-electron chi connectivity index (χ2n) is 3.58. The van der Waals surface area contributed by atoms with Gasteiger partial charge in [0.25, 0.3) is 0 Å². The molecule has 0 N–H and O–H groups in total. The molecule has 70 valence electrons. The highest BCUT2D eigenvalue weighted by Crippen LogP contribution is 2.32. The third-order valence-electron chi connectivity index (χ3n) is 2.25. The molecule has 3 nitrogen and oxygen atoms in total. The van der Waals surface area contributed by atoms with Crippen LogP contribution in [0.3, 0.4) is 0 Å². The number of aryl methyl sites for hydroxylation is 1. The van der Waals surface area contributed by atoms with Gasteiger partial charge in [-0.3, -0.25) is 0 Å². The number of nitrogens with zero attached hydrogens (tertiary/aromatic N) is 2. The van der Waals surface area contributed by atoms with E-state index in [-0.39, 0.29) is 0 Å². The minimum absolute atomic E-state index is 0.702. The average molecular weight is 178 g/mol. The summed E-state index contributed by atoms with van der Waals surface area (Å²) >= 11 is 0. The van der Waals surface area contributed by atoms with Crippen LogP contribution >= 0.6 is 0 Å². The molecule has 0 radical (unpaired) electrons. The van der Waals surface area contributed by atoms with Crippen molar-refractivity contribution < 1.29 is 4.74 Å². The Morgan fingerprint density at radius 2 is 2.31 bits per heavy atom. The molecule has 0 unspecified atom stereocenters. The second-order valence-corrected chi connectivity index (χ2v) is 3.58. The molecule has 1 saturated carbocycles. The maximum absolute atomic E-state index is 5.49. The lowest BCUT2D eigenvalue weighted by molar-refractivity contribution is 0.290. The molecule has 1 heterocycles. The van der Waals surface area contributed by atoms with Crippen LogP contribution in [0.4, 0.5) is 0 Å². The standard InChI is InChI=1S/C10H14N2O/c1-8-6-10(12-7-11-8)13-5-4-9-2-3-9/h6-7,9H,2-5H2,1H3. The molecule has 1 fully saturated rings. The topological polar surface area (TPSA) is 35.0 Å². The van der Waals surface area contributed by atoms with Crippen LogP contribution in [0.25, 0.3) is 0 Å². The van der Waals surface area contributed by atoms with E-state index in [0.717, 1.165) is 18.2 Å². The molecule has 2 rings (SSSR count). The van der Waals surface area contributed by atoms with E-state index in [2.05, 4.69) is 9.97 Å². The van der Waals surface area contributed by atoms with E-state index in [4.69, 9.17) is 4.74 Å². The van der Waals surface area contributed by atoms with Gasteiger partial charge in [-0.1, -0.05) is 12.8 Å². The van der Waals surface area contributed by atoms with Gasteiger partial charge in [0.05, 0.1) is 6.61 Å². The molecule has 1 aromatic heterocycles. The maximum Gasteiger partial charge on any atom is 0.216 e. The summed E-state index contributed by atoms with van der Waals surface area (Å²) in [4.78, 5) is 8.03. The first-order valence-corrected chi connectivity index (χ1v) is 4.76. The lowest BCUT2D eigenvalue weighted by atomic mass is 10.3. The van der Waals surface area contributed by atoms with E-state index < -0.39 is 0 Å². The molecule has 0 amide bonds. The van der Waals surface area contributed by atoms with Crippen LogP contribution in [0.1, 0.15) is 25.0 Å². The number of hydrogen-bond acceptors (Lipinski definition) is 3. The monoisotopic (exact) mass is 178 g/mol. The highest BCUT2D eigenvalue weighted by Gasteiger charge is 2.20. The minimum Gasteiger partial charge on any atom is -0.478 e. The summed E-state index contributed by atoms with van der Waals surface area (Å²) in [6.45, 7) is 2.73. The Bertz CT molecular complexity index is 284. The zero-order valence-electron chi connectivity index (χ0n) is 7.86. The quantitative estimate of drug-likeness (QED) is 0.707. The van der Waals surface area contributed by atoms with E-state index >= 15 is 0 Å². The molecule has 1 aliphatic rings. The molecule has 0 aromatic carbocycles. The fourth-order valence-corrected chi connectivity index (χ4v) is 1.25. The molecule has 1 aliphatic carbocycles. The first-order valence-electron chi connectivity index (χ1n) is 4.76. The fraction of sp³-hybridized carbons (Fsp3) is 0.600. The highest BCUT2D eigenvalue weighted by molar-refractivity contribution is 5.11. The van der Waals surface area contributed by atoms with Gasteiger partial charge in [-0.25, -0.2) is 9.97 Å². The third kappa shape index (κ3) is 2.68. The SMILES string of the molecule is Cc1cc(OCCC2CC2)ncn1. The van der Waals surface area contributed by atoms with Gasteiger partial charge in [0, 0.05) is 11.8 Å². The molecular weight excluding hydrogens is 164 g/mol. The largest absolute Gasteiger partial charge is 0.478 e. The van der Waals surface area contributed by atoms with Crippen molar-refractivity contribution in [2.45, 2.75) is 26.2 Å². The van der Waals surface area contributed by atoms with Crippen LogP contribution in [0, 0.1) is 12.8 Å². The van der Waals surface area contributed by atoms with Crippen molar-refractivity contribution in [1.29, 1.82) is 0 Å². The van der Waals surface area contributed by atoms with Crippen molar-refractivity contribution in [2.24, 2.45) is 5.92 Å². The molecule has 0 aliphatic heterocycles. The van der Waals surface area contributed by atoms with Crippen molar-refractivity contribution in [2.75, 3.05) is 6.61 Å². The second kappa shape index (κ2) is 3.73. The predicted octanol–water partition coefficient (Wildman–Crippen LogP) is 1.96. The first-order chi connectivity index (χ1) is 6.34. The maximum atomic E-state index is 5.49. The molecule has 3 heteroatoms. The summed E-state index contributed by atoms with van der Waals surface area (Å²) in [6.07, 6.45) is 5.48. The van der Waals surface area contributed by atoms with Crippen LogP contribution < -0.4 is 4.74 Å².